The van der Waals surface area contributed by atoms with E-state index in [1.165, 1.54) is 7.05 Å². The van der Waals surface area contributed by atoms with E-state index in [1.807, 2.05) is 0 Å². The number of hydrogen-bond acceptors (Lipinski definition) is 7. The molecule has 0 heterocycles. The molecule has 0 radical (unpaired) electrons. The number of benzene rings is 1. The smallest absolute Gasteiger partial charge is 0.421 e. The minimum atomic E-state index is -2.55. The quantitative estimate of drug-likeness (QED) is 0.341. The maximum Gasteiger partial charge on any atom is 0.421 e. The van der Waals surface area contributed by atoms with Gasteiger partial charge in [0.15, 0.2) is 0 Å². The number of carbonyl (C=O) groups is 4. The molecule has 0 bridgehead atoms. The highest BCUT2D eigenvalue weighted by molar-refractivity contribution is 6.15. The summed E-state index contributed by atoms with van der Waals surface area (Å²) in [5, 5.41) is 2.47. The van der Waals surface area contributed by atoms with Crippen LogP contribution in [0, 0.1) is 0 Å². The number of amides is 3. The van der Waals surface area contributed by atoms with E-state index in [0.717, 1.165) is 0 Å². The van der Waals surface area contributed by atoms with Crippen molar-refractivity contribution < 1.29 is 33.4 Å². The fourth-order valence-electron chi connectivity index (χ4n) is 3.66. The highest BCUT2D eigenvalue weighted by Crippen LogP contribution is 2.43. The first-order chi connectivity index (χ1) is 16.1. The van der Waals surface area contributed by atoms with Crippen molar-refractivity contribution in [2.24, 2.45) is 0 Å². The third kappa shape index (κ3) is 6.98. The van der Waals surface area contributed by atoms with Crippen LogP contribution in [-0.4, -0.2) is 58.4 Å². The van der Waals surface area contributed by atoms with Gasteiger partial charge in [0.25, 0.3) is 5.91 Å². The first-order valence-corrected chi connectivity index (χ1v) is 11.9. The maximum absolute atomic E-state index is 14.1. The van der Waals surface area contributed by atoms with Gasteiger partial charge in [0.1, 0.15) is 16.8 Å². The van der Waals surface area contributed by atoms with Gasteiger partial charge in [-0.05, 0) is 67.9 Å². The molecule has 3 amide bonds. The van der Waals surface area contributed by atoms with E-state index in [1.54, 1.807) is 106 Å². The highest BCUT2D eigenvalue weighted by atomic mass is 16.6. The SMILES string of the molecule is CNC(=O)[C@@](C(=O)OC(C)(C)C)(N(C(=O)OC(C)(C)C)C(=O)OC(C)(C)C)C(C)(C)c1ccccc1. The van der Waals surface area contributed by atoms with E-state index in [9.17, 15) is 19.2 Å². The lowest BCUT2D eigenvalue weighted by Gasteiger charge is -2.48. The molecule has 0 saturated heterocycles. The van der Waals surface area contributed by atoms with Crippen LogP contribution >= 0.6 is 0 Å². The predicted molar refractivity (Wildman–Crippen MR) is 136 cm³/mol. The Balaban J connectivity index is 4.20. The summed E-state index contributed by atoms with van der Waals surface area (Å²) in [4.78, 5) is 55.9. The number of esters is 1. The molecule has 1 N–H and O–H groups in total. The Kier molecular flexibility index (Phi) is 9.01. The zero-order valence-corrected chi connectivity index (χ0v) is 23.7. The molecular weight excluding hydrogens is 464 g/mol. The van der Waals surface area contributed by atoms with E-state index < -0.39 is 51.8 Å². The Bertz CT molecular complexity index is 939. The molecular formula is C27H42N2O7. The monoisotopic (exact) mass is 506 g/mol. The highest BCUT2D eigenvalue weighted by Gasteiger charge is 2.68. The van der Waals surface area contributed by atoms with Crippen molar-refractivity contribution in [2.45, 2.75) is 104 Å². The number of rotatable bonds is 5. The van der Waals surface area contributed by atoms with Crippen molar-refractivity contribution in [2.75, 3.05) is 7.05 Å². The summed E-state index contributed by atoms with van der Waals surface area (Å²) < 4.78 is 16.8. The Morgan fingerprint density at radius 2 is 1.06 bits per heavy atom. The molecule has 9 nitrogen and oxygen atoms in total. The number of hydrogen-bond donors (Lipinski definition) is 1. The average Bonchev–Trinajstić information content (AvgIpc) is 2.67. The van der Waals surface area contributed by atoms with Crippen molar-refractivity contribution >= 4 is 24.1 Å². The third-order valence-electron chi connectivity index (χ3n) is 5.14. The van der Waals surface area contributed by atoms with E-state index in [4.69, 9.17) is 14.2 Å². The number of imide groups is 1. The van der Waals surface area contributed by atoms with Crippen LogP contribution in [0.4, 0.5) is 9.59 Å². The molecule has 0 aliphatic heterocycles. The summed E-state index contributed by atoms with van der Waals surface area (Å²) in [6, 6.07) is 8.63. The molecule has 1 aromatic rings. The zero-order chi connectivity index (χ0) is 28.3. The van der Waals surface area contributed by atoms with Crippen molar-refractivity contribution in [3.05, 3.63) is 35.9 Å². The molecule has 1 aromatic carbocycles. The van der Waals surface area contributed by atoms with Crippen molar-refractivity contribution in [1.82, 2.24) is 10.2 Å². The molecule has 1 atom stereocenters. The Morgan fingerprint density at radius 1 is 0.667 bits per heavy atom. The second kappa shape index (κ2) is 10.5. The minimum absolute atomic E-state index is 0.462. The minimum Gasteiger partial charge on any atom is -0.458 e. The van der Waals surface area contributed by atoms with Crippen LogP contribution in [0.3, 0.4) is 0 Å². The number of carbonyl (C=O) groups excluding carboxylic acids is 4. The second-order valence-electron chi connectivity index (χ2n) is 12.1. The lowest BCUT2D eigenvalue weighted by Crippen LogP contribution is -2.75. The topological polar surface area (TPSA) is 111 Å². The molecule has 0 spiro atoms. The van der Waals surface area contributed by atoms with Gasteiger partial charge in [-0.2, -0.15) is 4.90 Å². The van der Waals surface area contributed by atoms with Crippen LogP contribution in [-0.2, 0) is 29.2 Å². The first kappa shape index (κ1) is 30.9. The van der Waals surface area contributed by atoms with E-state index >= 15 is 0 Å². The zero-order valence-electron chi connectivity index (χ0n) is 23.7. The van der Waals surface area contributed by atoms with Gasteiger partial charge >= 0.3 is 18.2 Å². The average molecular weight is 507 g/mol. The van der Waals surface area contributed by atoms with Crippen molar-refractivity contribution in [3.63, 3.8) is 0 Å². The van der Waals surface area contributed by atoms with E-state index in [2.05, 4.69) is 5.32 Å². The van der Waals surface area contributed by atoms with Gasteiger partial charge in [-0.3, -0.25) is 4.79 Å². The predicted octanol–water partition coefficient (Wildman–Crippen LogP) is 4.96. The van der Waals surface area contributed by atoms with Crippen LogP contribution in [0.15, 0.2) is 30.3 Å². The number of nitrogens with one attached hydrogen (secondary N) is 1. The molecule has 0 aliphatic carbocycles. The Labute approximate surface area is 214 Å². The molecule has 0 fully saturated rings. The van der Waals surface area contributed by atoms with Gasteiger partial charge in [-0.25, -0.2) is 14.4 Å². The van der Waals surface area contributed by atoms with Crippen molar-refractivity contribution in [3.8, 4) is 0 Å². The summed E-state index contributed by atoms with van der Waals surface area (Å²) in [7, 11) is 1.31. The first-order valence-electron chi connectivity index (χ1n) is 11.9. The van der Waals surface area contributed by atoms with Gasteiger partial charge in [-0.1, -0.05) is 44.2 Å². The van der Waals surface area contributed by atoms with Gasteiger partial charge in [0.2, 0.25) is 5.54 Å². The Morgan fingerprint density at radius 3 is 1.39 bits per heavy atom. The van der Waals surface area contributed by atoms with E-state index in [-0.39, 0.29) is 0 Å². The van der Waals surface area contributed by atoms with Crippen LogP contribution < -0.4 is 5.32 Å². The molecule has 9 heteroatoms. The molecule has 1 rings (SSSR count). The standard InChI is InChI=1S/C27H42N2O7/c1-23(2,3)34-20(31)27(19(30)28-12,26(10,11)18-16-14-13-15-17-18)29(21(32)35-24(4,5)6)22(33)36-25(7,8)9/h13-17H,1-12H3,(H,28,30)/t27-/m0/s1. The van der Waals surface area contributed by atoms with Crippen LogP contribution in [0.5, 0.6) is 0 Å². The number of ether oxygens (including phenoxy) is 3. The van der Waals surface area contributed by atoms with Gasteiger partial charge < -0.3 is 19.5 Å². The molecule has 202 valence electrons. The summed E-state index contributed by atoms with van der Waals surface area (Å²) >= 11 is 0. The number of likely N-dealkylation sites (N-methyl/N-ethyl adjacent to an activating group) is 1. The van der Waals surface area contributed by atoms with Crippen molar-refractivity contribution in [1.29, 1.82) is 0 Å². The normalized spacial score (nSPS) is 14.2. The van der Waals surface area contributed by atoms with Gasteiger partial charge in [0, 0.05) is 12.5 Å². The van der Waals surface area contributed by atoms with Crippen LogP contribution in [0.1, 0.15) is 81.7 Å². The van der Waals surface area contributed by atoms with Gasteiger partial charge in [0.05, 0.1) is 0 Å². The molecule has 0 unspecified atom stereocenters. The van der Waals surface area contributed by atoms with Crippen LogP contribution in [0.25, 0.3) is 0 Å². The second-order valence-corrected chi connectivity index (χ2v) is 12.1. The summed E-state index contributed by atoms with van der Waals surface area (Å²) in [5.74, 6) is -2.05. The Hall–Kier alpha value is -3.10. The van der Waals surface area contributed by atoms with E-state index in [0.29, 0.717) is 10.5 Å². The molecule has 0 aliphatic rings. The molecule has 36 heavy (non-hydrogen) atoms. The maximum atomic E-state index is 14.1. The van der Waals surface area contributed by atoms with Gasteiger partial charge in [-0.15, -0.1) is 0 Å². The number of nitrogens with zero attached hydrogens (tertiary/aromatic N) is 1. The molecule has 0 saturated carbocycles. The molecule has 0 aromatic heterocycles. The summed E-state index contributed by atoms with van der Waals surface area (Å²) in [6.07, 6.45) is -2.45. The third-order valence-corrected chi connectivity index (χ3v) is 5.14. The lowest BCUT2D eigenvalue weighted by molar-refractivity contribution is -0.177. The fourth-order valence-corrected chi connectivity index (χ4v) is 3.66. The van der Waals surface area contributed by atoms with Crippen LogP contribution in [0.2, 0.25) is 0 Å². The summed E-state index contributed by atoms with van der Waals surface area (Å²) in [5.41, 5.74) is -6.74. The largest absolute Gasteiger partial charge is 0.458 e. The summed E-state index contributed by atoms with van der Waals surface area (Å²) in [6.45, 7) is 17.7. The lowest BCUT2D eigenvalue weighted by atomic mass is 9.66. The fraction of sp³-hybridized carbons (Fsp3) is 0.630.